The number of hydrogen-bond acceptors (Lipinski definition) is 5. The van der Waals surface area contributed by atoms with Crippen molar-refractivity contribution in [3.63, 3.8) is 0 Å². The fourth-order valence-corrected chi connectivity index (χ4v) is 4.70. The van der Waals surface area contributed by atoms with Crippen molar-refractivity contribution in [2.24, 2.45) is 0 Å². The van der Waals surface area contributed by atoms with Crippen molar-refractivity contribution in [3.05, 3.63) is 90.0 Å². The molecule has 188 valence electrons. The molecule has 0 bridgehead atoms. The SMILES string of the molecule is O=C(Nc1ccc(CC(=O)N2CCN(c3ccccc3)CC2)cc1)c1cccc(N2C(=O)CCC2=O)c1. The quantitative estimate of drug-likeness (QED) is 0.528. The van der Waals surface area contributed by atoms with E-state index >= 15 is 0 Å². The average molecular weight is 497 g/mol. The van der Waals surface area contributed by atoms with Crippen molar-refractivity contribution >= 4 is 40.7 Å². The van der Waals surface area contributed by atoms with Crippen LogP contribution < -0.4 is 15.1 Å². The van der Waals surface area contributed by atoms with Crippen molar-refractivity contribution in [3.8, 4) is 0 Å². The smallest absolute Gasteiger partial charge is 0.255 e. The lowest BCUT2D eigenvalue weighted by Gasteiger charge is -2.36. The van der Waals surface area contributed by atoms with Crippen LogP contribution in [0.2, 0.25) is 0 Å². The molecule has 0 aliphatic carbocycles. The number of imide groups is 1. The van der Waals surface area contributed by atoms with Gasteiger partial charge in [0.05, 0.1) is 12.1 Å². The Kier molecular flexibility index (Phi) is 6.98. The van der Waals surface area contributed by atoms with Crippen LogP contribution in [0.5, 0.6) is 0 Å². The van der Waals surface area contributed by atoms with Crippen molar-refractivity contribution in [2.75, 3.05) is 41.3 Å². The van der Waals surface area contributed by atoms with Gasteiger partial charge in [-0.3, -0.25) is 24.1 Å². The first kappa shape index (κ1) is 24.2. The summed E-state index contributed by atoms with van der Waals surface area (Å²) in [5.41, 5.74) is 3.40. The zero-order valence-corrected chi connectivity index (χ0v) is 20.4. The second-order valence-corrected chi connectivity index (χ2v) is 9.20. The fraction of sp³-hybridized carbons (Fsp3) is 0.241. The number of nitrogens with zero attached hydrogens (tertiary/aromatic N) is 3. The summed E-state index contributed by atoms with van der Waals surface area (Å²) in [6, 6.07) is 23.9. The summed E-state index contributed by atoms with van der Waals surface area (Å²) < 4.78 is 0. The highest BCUT2D eigenvalue weighted by Gasteiger charge is 2.30. The molecule has 2 aliphatic heterocycles. The molecule has 8 nitrogen and oxygen atoms in total. The third kappa shape index (κ3) is 5.53. The zero-order valence-electron chi connectivity index (χ0n) is 20.4. The molecule has 0 aromatic heterocycles. The standard InChI is InChI=1S/C29H28N4O4/c34-26-13-14-27(35)33(26)25-8-4-5-22(20-25)29(37)30-23-11-9-21(10-12-23)19-28(36)32-17-15-31(16-18-32)24-6-2-1-3-7-24/h1-12,20H,13-19H2,(H,30,37). The monoisotopic (exact) mass is 496 g/mol. The highest BCUT2D eigenvalue weighted by molar-refractivity contribution is 6.20. The minimum Gasteiger partial charge on any atom is -0.368 e. The fourth-order valence-electron chi connectivity index (χ4n) is 4.70. The predicted octanol–water partition coefficient (Wildman–Crippen LogP) is 3.48. The molecule has 5 rings (SSSR count). The first-order valence-corrected chi connectivity index (χ1v) is 12.4. The second kappa shape index (κ2) is 10.7. The first-order valence-electron chi connectivity index (χ1n) is 12.4. The van der Waals surface area contributed by atoms with Gasteiger partial charge in [0, 0.05) is 56.0 Å². The van der Waals surface area contributed by atoms with Gasteiger partial charge in [0.25, 0.3) is 5.91 Å². The lowest BCUT2D eigenvalue weighted by Crippen LogP contribution is -2.49. The number of carbonyl (C=O) groups excluding carboxylic acids is 4. The molecule has 2 saturated heterocycles. The normalized spacial score (nSPS) is 15.7. The molecule has 4 amide bonds. The number of benzene rings is 3. The van der Waals surface area contributed by atoms with Crippen LogP contribution in [-0.4, -0.2) is 54.7 Å². The molecular formula is C29H28N4O4. The van der Waals surface area contributed by atoms with E-state index in [1.165, 1.54) is 5.69 Å². The van der Waals surface area contributed by atoms with Gasteiger partial charge in [0.2, 0.25) is 17.7 Å². The van der Waals surface area contributed by atoms with Gasteiger partial charge in [-0.25, -0.2) is 0 Å². The highest BCUT2D eigenvalue weighted by atomic mass is 16.2. The van der Waals surface area contributed by atoms with Gasteiger partial charge in [-0.05, 0) is 48.0 Å². The summed E-state index contributed by atoms with van der Waals surface area (Å²) in [7, 11) is 0. The molecule has 3 aromatic carbocycles. The third-order valence-electron chi connectivity index (χ3n) is 6.74. The van der Waals surface area contributed by atoms with Crippen LogP contribution in [0.15, 0.2) is 78.9 Å². The van der Waals surface area contributed by atoms with Gasteiger partial charge < -0.3 is 15.1 Å². The first-order chi connectivity index (χ1) is 18.0. The van der Waals surface area contributed by atoms with E-state index in [1.807, 2.05) is 35.2 Å². The lowest BCUT2D eigenvalue weighted by atomic mass is 10.1. The number of anilines is 3. The molecular weight excluding hydrogens is 468 g/mol. The van der Waals surface area contributed by atoms with Gasteiger partial charge in [-0.15, -0.1) is 0 Å². The van der Waals surface area contributed by atoms with Crippen LogP contribution in [0.25, 0.3) is 0 Å². The van der Waals surface area contributed by atoms with E-state index in [1.54, 1.807) is 36.4 Å². The predicted molar refractivity (Wildman–Crippen MR) is 142 cm³/mol. The highest BCUT2D eigenvalue weighted by Crippen LogP contribution is 2.24. The van der Waals surface area contributed by atoms with Crippen molar-refractivity contribution in [2.45, 2.75) is 19.3 Å². The van der Waals surface area contributed by atoms with Crippen LogP contribution in [0.3, 0.4) is 0 Å². The van der Waals surface area contributed by atoms with Crippen LogP contribution >= 0.6 is 0 Å². The Morgan fingerprint density at radius 3 is 2.05 bits per heavy atom. The Bertz CT molecular complexity index is 1300. The van der Waals surface area contributed by atoms with Crippen LogP contribution in [0.4, 0.5) is 17.1 Å². The van der Waals surface area contributed by atoms with Crippen molar-refractivity contribution in [1.82, 2.24) is 4.90 Å². The summed E-state index contributed by atoms with van der Waals surface area (Å²) in [6.45, 7) is 3.00. The summed E-state index contributed by atoms with van der Waals surface area (Å²) in [5, 5.41) is 2.83. The van der Waals surface area contributed by atoms with Gasteiger partial charge >= 0.3 is 0 Å². The molecule has 0 radical (unpaired) electrons. The maximum absolute atomic E-state index is 12.8. The van der Waals surface area contributed by atoms with Gasteiger partial charge in [-0.2, -0.15) is 0 Å². The van der Waals surface area contributed by atoms with Crippen LogP contribution in [0.1, 0.15) is 28.8 Å². The number of rotatable bonds is 6. The maximum atomic E-state index is 12.8. The lowest BCUT2D eigenvalue weighted by molar-refractivity contribution is -0.130. The molecule has 0 unspecified atom stereocenters. The molecule has 3 aromatic rings. The second-order valence-electron chi connectivity index (χ2n) is 9.20. The van der Waals surface area contributed by atoms with Crippen LogP contribution in [0, 0.1) is 0 Å². The molecule has 2 fully saturated rings. The van der Waals surface area contributed by atoms with Gasteiger partial charge in [-0.1, -0.05) is 36.4 Å². The van der Waals surface area contributed by atoms with Crippen molar-refractivity contribution in [1.29, 1.82) is 0 Å². The molecule has 2 aliphatic rings. The van der Waals surface area contributed by atoms with E-state index in [2.05, 4.69) is 22.3 Å². The molecule has 1 N–H and O–H groups in total. The minimum atomic E-state index is -0.346. The Hall–Kier alpha value is -4.46. The van der Waals surface area contributed by atoms with Gasteiger partial charge in [0.15, 0.2) is 0 Å². The zero-order chi connectivity index (χ0) is 25.8. The molecule has 8 heteroatoms. The van der Waals surface area contributed by atoms with E-state index in [0.29, 0.717) is 36.4 Å². The topological polar surface area (TPSA) is 90.0 Å². The number of carbonyl (C=O) groups is 4. The van der Waals surface area contributed by atoms with Crippen LogP contribution in [-0.2, 0) is 20.8 Å². The molecule has 0 spiro atoms. The van der Waals surface area contributed by atoms with E-state index < -0.39 is 0 Å². The third-order valence-corrected chi connectivity index (χ3v) is 6.74. The Labute approximate surface area is 215 Å². The van der Waals surface area contributed by atoms with E-state index in [9.17, 15) is 19.2 Å². The van der Waals surface area contributed by atoms with Crippen molar-refractivity contribution < 1.29 is 19.2 Å². The molecule has 0 saturated carbocycles. The Morgan fingerprint density at radius 1 is 0.730 bits per heavy atom. The Morgan fingerprint density at radius 2 is 1.38 bits per heavy atom. The molecule has 2 heterocycles. The average Bonchev–Trinajstić information content (AvgIpc) is 3.28. The summed E-state index contributed by atoms with van der Waals surface area (Å²) in [5.74, 6) is -0.773. The number of nitrogens with one attached hydrogen (secondary N) is 1. The van der Waals surface area contributed by atoms with Gasteiger partial charge in [0.1, 0.15) is 0 Å². The largest absolute Gasteiger partial charge is 0.368 e. The molecule has 0 atom stereocenters. The molecule has 37 heavy (non-hydrogen) atoms. The summed E-state index contributed by atoms with van der Waals surface area (Å²) >= 11 is 0. The number of piperazine rings is 1. The maximum Gasteiger partial charge on any atom is 0.255 e. The minimum absolute atomic E-state index is 0.0901. The summed E-state index contributed by atoms with van der Waals surface area (Å²) in [4.78, 5) is 55.0. The number of para-hydroxylation sites is 1. The van der Waals surface area contributed by atoms with E-state index in [-0.39, 0.29) is 36.5 Å². The number of hydrogen-bond donors (Lipinski definition) is 1. The Balaban J connectivity index is 1.15. The number of amides is 4. The van der Waals surface area contributed by atoms with E-state index in [0.717, 1.165) is 23.6 Å². The van der Waals surface area contributed by atoms with E-state index in [4.69, 9.17) is 0 Å². The summed E-state index contributed by atoms with van der Waals surface area (Å²) in [6.07, 6.45) is 0.682.